The zero-order chi connectivity index (χ0) is 0. The molecule has 0 heterocycles. The second-order valence-corrected chi connectivity index (χ2v) is 0. The van der Waals surface area contributed by atoms with Crippen LogP contribution in [-0.2, 0) is 20.1 Å². The Hall–Kier alpha value is 0.489. The molecule has 0 bridgehead atoms. The molecular formula is H8IrO4. The van der Waals surface area contributed by atoms with Crippen LogP contribution in [0.25, 0.3) is 0 Å². The van der Waals surface area contributed by atoms with Crippen LogP contribution in [0.1, 0.15) is 0 Å². The van der Waals surface area contributed by atoms with Crippen molar-refractivity contribution in [1.82, 2.24) is 0 Å². The Morgan fingerprint density at radius 2 is 0.400 bits per heavy atom. The van der Waals surface area contributed by atoms with Gasteiger partial charge in [0.2, 0.25) is 0 Å². The van der Waals surface area contributed by atoms with Gasteiger partial charge in [0.15, 0.2) is 0 Å². The Kier molecular flexibility index (Phi) is 21100. The Labute approximate surface area is 42.8 Å². The van der Waals surface area contributed by atoms with Crippen molar-refractivity contribution in [2.45, 2.75) is 0 Å². The fraction of sp³-hybridized carbons (Fsp3) is 0. The van der Waals surface area contributed by atoms with Gasteiger partial charge in [-0.3, -0.25) is 0 Å². The maximum atomic E-state index is 0. The van der Waals surface area contributed by atoms with Crippen LogP contribution in [0.2, 0.25) is 0 Å². The molecule has 5 heavy (non-hydrogen) atoms. The average Bonchev–Trinajstić information content (AvgIpc) is 0. The van der Waals surface area contributed by atoms with E-state index >= 15 is 0 Å². The first-order valence-electron chi connectivity index (χ1n) is 0. The average molecular weight is 264 g/mol. The second-order valence-electron chi connectivity index (χ2n) is 0. The van der Waals surface area contributed by atoms with Crippen molar-refractivity contribution in [3.8, 4) is 0 Å². The standard InChI is InChI=1S/Ir.4H2O/h;4*1H2. The van der Waals surface area contributed by atoms with Crippen LogP contribution in [0.5, 0.6) is 0 Å². The Morgan fingerprint density at radius 3 is 0.400 bits per heavy atom. The molecule has 0 aromatic carbocycles. The zero-order valence-corrected chi connectivity index (χ0v) is 4.73. The van der Waals surface area contributed by atoms with Crippen LogP contribution in [0, 0.1) is 0 Å². The quantitative estimate of drug-likeness (QED) is 0.434. The summed E-state index contributed by atoms with van der Waals surface area (Å²) in [7, 11) is 0. The first-order valence-corrected chi connectivity index (χ1v) is 0. The molecule has 0 fully saturated rings. The minimum atomic E-state index is 0. The van der Waals surface area contributed by atoms with Crippen molar-refractivity contribution in [2.24, 2.45) is 0 Å². The molecule has 0 aromatic rings. The summed E-state index contributed by atoms with van der Waals surface area (Å²) in [4.78, 5) is 0. The minimum absolute atomic E-state index is 0. The molecule has 0 unspecified atom stereocenters. The summed E-state index contributed by atoms with van der Waals surface area (Å²) >= 11 is 0. The van der Waals surface area contributed by atoms with E-state index in [1.165, 1.54) is 0 Å². The number of hydrogen-bond acceptors (Lipinski definition) is 0. The van der Waals surface area contributed by atoms with E-state index in [0.717, 1.165) is 0 Å². The van der Waals surface area contributed by atoms with Gasteiger partial charge in [0.1, 0.15) is 0 Å². The van der Waals surface area contributed by atoms with Crippen molar-refractivity contribution in [2.75, 3.05) is 0 Å². The minimum Gasteiger partial charge on any atom is -0.412 e. The first kappa shape index (κ1) is 462. The van der Waals surface area contributed by atoms with Gasteiger partial charge >= 0.3 is 0 Å². The van der Waals surface area contributed by atoms with E-state index in [9.17, 15) is 0 Å². The molecule has 0 amide bonds. The van der Waals surface area contributed by atoms with Crippen molar-refractivity contribution >= 4 is 0 Å². The molecule has 0 aromatic heterocycles. The van der Waals surface area contributed by atoms with E-state index in [4.69, 9.17) is 0 Å². The van der Waals surface area contributed by atoms with Gasteiger partial charge < -0.3 is 21.9 Å². The molecule has 4 nitrogen and oxygen atoms in total. The molecule has 0 saturated carbocycles. The van der Waals surface area contributed by atoms with E-state index in [2.05, 4.69) is 0 Å². The summed E-state index contributed by atoms with van der Waals surface area (Å²) in [6.07, 6.45) is 0. The van der Waals surface area contributed by atoms with E-state index in [1.54, 1.807) is 0 Å². The van der Waals surface area contributed by atoms with Crippen LogP contribution < -0.4 is 0 Å². The van der Waals surface area contributed by atoms with Gasteiger partial charge in [0.05, 0.1) is 0 Å². The molecule has 0 aliphatic rings. The fourth-order valence-corrected chi connectivity index (χ4v) is 0. The Bertz CT molecular complexity index is 3.61. The molecule has 1 radical (unpaired) electrons. The maximum absolute atomic E-state index is 0. The van der Waals surface area contributed by atoms with Crippen molar-refractivity contribution in [3.05, 3.63) is 0 Å². The number of rotatable bonds is 0. The zero-order valence-electron chi connectivity index (χ0n) is 2.33. The Balaban J connectivity index is 0. The molecule has 0 saturated heterocycles. The molecule has 0 aliphatic heterocycles. The van der Waals surface area contributed by atoms with Crippen LogP contribution in [0.15, 0.2) is 0 Å². The van der Waals surface area contributed by atoms with Crippen molar-refractivity contribution < 1.29 is 42.0 Å². The normalized spacial score (nSPS) is 0. The van der Waals surface area contributed by atoms with Crippen molar-refractivity contribution in [3.63, 3.8) is 0 Å². The van der Waals surface area contributed by atoms with Crippen LogP contribution in [0.4, 0.5) is 0 Å². The van der Waals surface area contributed by atoms with Gasteiger partial charge in [-0.15, -0.1) is 0 Å². The fourth-order valence-electron chi connectivity index (χ4n) is 0. The third kappa shape index (κ3) is 116. The second kappa shape index (κ2) is 228. The van der Waals surface area contributed by atoms with Crippen molar-refractivity contribution in [1.29, 1.82) is 0 Å². The molecule has 5 heteroatoms. The summed E-state index contributed by atoms with van der Waals surface area (Å²) in [5.41, 5.74) is 0. The summed E-state index contributed by atoms with van der Waals surface area (Å²) in [5, 5.41) is 0. The van der Waals surface area contributed by atoms with E-state index in [-0.39, 0.29) is 42.0 Å². The summed E-state index contributed by atoms with van der Waals surface area (Å²) in [6.45, 7) is 0. The van der Waals surface area contributed by atoms with Gasteiger partial charge in [-0.25, -0.2) is 0 Å². The Morgan fingerprint density at radius 1 is 0.400 bits per heavy atom. The van der Waals surface area contributed by atoms with Gasteiger partial charge in [0, 0.05) is 20.1 Å². The molecule has 0 aliphatic carbocycles. The van der Waals surface area contributed by atoms with Crippen LogP contribution in [0.3, 0.4) is 0 Å². The third-order valence-corrected chi connectivity index (χ3v) is 0. The summed E-state index contributed by atoms with van der Waals surface area (Å²) < 4.78 is 0. The number of hydrogen-bond donors (Lipinski definition) is 0. The largest absolute Gasteiger partial charge is 0.412 e. The van der Waals surface area contributed by atoms with E-state index in [1.807, 2.05) is 0 Å². The van der Waals surface area contributed by atoms with Gasteiger partial charge in [0.25, 0.3) is 0 Å². The molecular weight excluding hydrogens is 256 g/mol. The summed E-state index contributed by atoms with van der Waals surface area (Å²) in [5.74, 6) is 0. The topological polar surface area (TPSA) is 126 Å². The maximum Gasteiger partial charge on any atom is 0 e. The molecule has 0 atom stereocenters. The SMILES string of the molecule is O.O.O.O.[Ir]. The van der Waals surface area contributed by atoms with Crippen LogP contribution >= 0.6 is 0 Å². The molecule has 0 rings (SSSR count). The third-order valence-electron chi connectivity index (χ3n) is 0. The molecule has 41 valence electrons. The smallest absolute Gasteiger partial charge is 0 e. The first-order chi connectivity index (χ1) is 0. The predicted octanol–water partition coefficient (Wildman–Crippen LogP) is -3.30. The van der Waals surface area contributed by atoms with Crippen LogP contribution in [-0.4, -0.2) is 21.9 Å². The van der Waals surface area contributed by atoms with Gasteiger partial charge in [-0.1, -0.05) is 0 Å². The van der Waals surface area contributed by atoms with Gasteiger partial charge in [-0.05, 0) is 0 Å². The van der Waals surface area contributed by atoms with E-state index in [0.29, 0.717) is 0 Å². The molecule has 0 spiro atoms. The molecule has 8 N–H and O–H groups in total. The monoisotopic (exact) mass is 265 g/mol. The summed E-state index contributed by atoms with van der Waals surface area (Å²) in [6, 6.07) is 0. The predicted molar refractivity (Wildman–Crippen MR) is 14.5 cm³/mol. The van der Waals surface area contributed by atoms with Gasteiger partial charge in [-0.2, -0.15) is 0 Å². The van der Waals surface area contributed by atoms with E-state index < -0.39 is 0 Å².